The van der Waals surface area contributed by atoms with Gasteiger partial charge in [-0.3, -0.25) is 4.79 Å². The van der Waals surface area contributed by atoms with Crippen molar-refractivity contribution in [1.29, 1.82) is 0 Å². The van der Waals surface area contributed by atoms with Gasteiger partial charge in [-0.1, -0.05) is 30.3 Å². The van der Waals surface area contributed by atoms with E-state index >= 15 is 0 Å². The summed E-state index contributed by atoms with van der Waals surface area (Å²) in [4.78, 5) is 14.1. The molecule has 0 spiro atoms. The van der Waals surface area contributed by atoms with Crippen LogP contribution in [0.2, 0.25) is 0 Å². The lowest BCUT2D eigenvalue weighted by molar-refractivity contribution is -0.111. The van der Waals surface area contributed by atoms with E-state index in [-0.39, 0.29) is 5.91 Å². The molecule has 0 aliphatic heterocycles. The number of aryl methyl sites for hydroxylation is 1. The summed E-state index contributed by atoms with van der Waals surface area (Å²) in [6.07, 6.45) is 3.10. The topological polar surface area (TPSA) is 82.2 Å². The molecular formula is C27H22N4O3. The van der Waals surface area contributed by atoms with Crippen molar-refractivity contribution < 1.29 is 13.9 Å². The third-order valence-corrected chi connectivity index (χ3v) is 5.37. The molecule has 0 fully saturated rings. The number of benzene rings is 3. The van der Waals surface area contributed by atoms with Gasteiger partial charge < -0.3 is 14.5 Å². The minimum absolute atomic E-state index is 0.261. The Morgan fingerprint density at radius 3 is 2.44 bits per heavy atom. The summed E-state index contributed by atoms with van der Waals surface area (Å²) in [5.74, 6) is 1.85. The van der Waals surface area contributed by atoms with Gasteiger partial charge in [-0.15, -0.1) is 10.2 Å². The smallest absolute Gasteiger partial charge is 0.248 e. The molecule has 5 rings (SSSR count). The van der Waals surface area contributed by atoms with Gasteiger partial charge in [0.2, 0.25) is 5.91 Å². The summed E-state index contributed by atoms with van der Waals surface area (Å²) in [7, 11) is 1.62. The van der Waals surface area contributed by atoms with E-state index in [0.29, 0.717) is 17.0 Å². The summed E-state index contributed by atoms with van der Waals surface area (Å²) >= 11 is 0. The molecule has 0 unspecified atom stereocenters. The lowest BCUT2D eigenvalue weighted by Crippen LogP contribution is -2.08. The Morgan fingerprint density at radius 1 is 0.971 bits per heavy atom. The fraction of sp³-hybridized carbons (Fsp3) is 0.0741. The third kappa shape index (κ3) is 4.45. The number of carbonyl (C=O) groups excluding carboxylic acids is 1. The molecule has 2 heterocycles. The minimum atomic E-state index is -0.261. The van der Waals surface area contributed by atoms with Crippen LogP contribution in [0.1, 0.15) is 11.3 Å². The molecule has 1 N–H and O–H groups in total. The molecule has 5 aromatic rings. The van der Waals surface area contributed by atoms with Gasteiger partial charge >= 0.3 is 0 Å². The van der Waals surface area contributed by atoms with Crippen molar-refractivity contribution in [2.75, 3.05) is 12.4 Å². The first kappa shape index (κ1) is 21.2. The predicted molar refractivity (Wildman–Crippen MR) is 132 cm³/mol. The standard InChI is InChI=1S/C27H22N4O3/c1-18-16-24-25(30-31(29-24)20-8-10-21(33-2)11-9-20)17-23(18)28-27(32)15-13-22-12-14-26(34-22)19-6-4-3-5-7-19/h3-17H,1-2H3,(H,28,32)/b15-13+. The van der Waals surface area contributed by atoms with Gasteiger partial charge in [0.05, 0.1) is 12.8 Å². The average Bonchev–Trinajstić information content (AvgIpc) is 3.51. The second-order valence-electron chi connectivity index (χ2n) is 7.73. The highest BCUT2D eigenvalue weighted by Gasteiger charge is 2.10. The normalized spacial score (nSPS) is 11.2. The molecule has 168 valence electrons. The number of amides is 1. The van der Waals surface area contributed by atoms with Crippen LogP contribution in [-0.2, 0) is 4.79 Å². The summed E-state index contributed by atoms with van der Waals surface area (Å²) in [6.45, 7) is 1.92. The van der Waals surface area contributed by atoms with E-state index in [1.165, 1.54) is 6.08 Å². The maximum atomic E-state index is 12.5. The van der Waals surface area contributed by atoms with Crippen LogP contribution >= 0.6 is 0 Å². The van der Waals surface area contributed by atoms with Crippen molar-refractivity contribution in [3.8, 4) is 22.8 Å². The van der Waals surface area contributed by atoms with Crippen LogP contribution in [-0.4, -0.2) is 28.0 Å². The molecule has 7 heteroatoms. The highest BCUT2D eigenvalue weighted by Crippen LogP contribution is 2.24. The van der Waals surface area contributed by atoms with Crippen LogP contribution < -0.4 is 10.1 Å². The SMILES string of the molecule is COc1ccc(-n2nc3cc(C)c(NC(=O)/C=C/c4ccc(-c5ccccc5)o4)cc3n2)cc1. The van der Waals surface area contributed by atoms with Crippen molar-refractivity contribution in [2.45, 2.75) is 6.92 Å². The molecule has 0 atom stereocenters. The van der Waals surface area contributed by atoms with Gasteiger partial charge in [0, 0.05) is 17.3 Å². The van der Waals surface area contributed by atoms with E-state index in [0.717, 1.165) is 33.8 Å². The van der Waals surface area contributed by atoms with Gasteiger partial charge in [0.25, 0.3) is 0 Å². The number of ether oxygens (including phenoxy) is 1. The predicted octanol–water partition coefficient (Wildman–Crippen LogP) is 5.65. The fourth-order valence-corrected chi connectivity index (χ4v) is 3.57. The quantitative estimate of drug-likeness (QED) is 0.338. The fourth-order valence-electron chi connectivity index (χ4n) is 3.57. The highest BCUT2D eigenvalue weighted by atomic mass is 16.5. The zero-order valence-electron chi connectivity index (χ0n) is 18.7. The maximum Gasteiger partial charge on any atom is 0.248 e. The third-order valence-electron chi connectivity index (χ3n) is 5.37. The molecule has 0 bridgehead atoms. The van der Waals surface area contributed by atoms with Gasteiger partial charge in [0.1, 0.15) is 28.3 Å². The van der Waals surface area contributed by atoms with Crippen LogP contribution in [0.4, 0.5) is 5.69 Å². The van der Waals surface area contributed by atoms with Crippen LogP contribution in [0.15, 0.2) is 89.4 Å². The lowest BCUT2D eigenvalue weighted by Gasteiger charge is -2.05. The summed E-state index contributed by atoms with van der Waals surface area (Å²) in [5, 5.41) is 12.0. The van der Waals surface area contributed by atoms with Crippen LogP contribution in [0.5, 0.6) is 5.75 Å². The second-order valence-corrected chi connectivity index (χ2v) is 7.73. The molecule has 0 aliphatic rings. The zero-order chi connectivity index (χ0) is 23.5. The number of rotatable bonds is 6. The van der Waals surface area contributed by atoms with E-state index in [4.69, 9.17) is 9.15 Å². The first-order chi connectivity index (χ1) is 16.6. The molecule has 0 aliphatic carbocycles. The highest BCUT2D eigenvalue weighted by molar-refractivity contribution is 6.03. The Hall–Kier alpha value is -4.65. The zero-order valence-corrected chi connectivity index (χ0v) is 18.7. The molecule has 2 aromatic heterocycles. The molecule has 34 heavy (non-hydrogen) atoms. The summed E-state index contributed by atoms with van der Waals surface area (Å²) in [5.41, 5.74) is 4.79. The molecule has 1 amide bonds. The average molecular weight is 450 g/mol. The molecule has 3 aromatic carbocycles. The largest absolute Gasteiger partial charge is 0.497 e. The lowest BCUT2D eigenvalue weighted by atomic mass is 10.1. The van der Waals surface area contributed by atoms with Gasteiger partial charge in [0.15, 0.2) is 0 Å². The molecule has 0 saturated carbocycles. The van der Waals surface area contributed by atoms with Crippen LogP contribution in [0.25, 0.3) is 34.1 Å². The Labute approximate surface area is 196 Å². The van der Waals surface area contributed by atoms with E-state index in [2.05, 4.69) is 15.5 Å². The summed E-state index contributed by atoms with van der Waals surface area (Å²) < 4.78 is 11.0. The van der Waals surface area contributed by atoms with Gasteiger partial charge in [-0.25, -0.2) is 0 Å². The van der Waals surface area contributed by atoms with E-state index in [1.54, 1.807) is 18.0 Å². The van der Waals surface area contributed by atoms with E-state index < -0.39 is 0 Å². The number of carbonyl (C=O) groups is 1. The number of hydrogen-bond acceptors (Lipinski definition) is 5. The first-order valence-electron chi connectivity index (χ1n) is 10.8. The molecule has 0 saturated heterocycles. The number of nitrogens with zero attached hydrogens (tertiary/aromatic N) is 3. The number of fused-ring (bicyclic) bond motifs is 1. The molecular weight excluding hydrogens is 428 g/mol. The van der Waals surface area contributed by atoms with Gasteiger partial charge in [-0.2, -0.15) is 4.80 Å². The number of furan rings is 1. The van der Waals surface area contributed by atoms with Crippen molar-refractivity contribution in [3.05, 3.63) is 96.3 Å². The number of anilines is 1. The van der Waals surface area contributed by atoms with Crippen molar-refractivity contribution in [1.82, 2.24) is 15.0 Å². The second kappa shape index (κ2) is 9.07. The Morgan fingerprint density at radius 2 is 1.71 bits per heavy atom. The number of aromatic nitrogens is 3. The van der Waals surface area contributed by atoms with Crippen molar-refractivity contribution in [2.24, 2.45) is 0 Å². The maximum absolute atomic E-state index is 12.5. The Kier molecular flexibility index (Phi) is 5.66. The summed E-state index contributed by atoms with van der Waals surface area (Å²) in [6, 6.07) is 24.7. The first-order valence-corrected chi connectivity index (χ1v) is 10.8. The molecule has 0 radical (unpaired) electrons. The Bertz CT molecular complexity index is 1480. The van der Waals surface area contributed by atoms with Crippen molar-refractivity contribution in [3.63, 3.8) is 0 Å². The monoisotopic (exact) mass is 450 g/mol. The van der Waals surface area contributed by atoms with Gasteiger partial charge in [-0.05, 0) is 67.1 Å². The van der Waals surface area contributed by atoms with Crippen molar-refractivity contribution >= 4 is 28.7 Å². The van der Waals surface area contributed by atoms with E-state index in [1.807, 2.05) is 85.8 Å². The van der Waals surface area contributed by atoms with E-state index in [9.17, 15) is 4.79 Å². The Balaban J connectivity index is 1.31. The number of nitrogens with one attached hydrogen (secondary N) is 1. The number of methoxy groups -OCH3 is 1. The van der Waals surface area contributed by atoms with Crippen LogP contribution in [0, 0.1) is 6.92 Å². The molecule has 7 nitrogen and oxygen atoms in total. The number of hydrogen-bond donors (Lipinski definition) is 1. The van der Waals surface area contributed by atoms with Crippen LogP contribution in [0.3, 0.4) is 0 Å². The minimum Gasteiger partial charge on any atom is -0.497 e.